The van der Waals surface area contributed by atoms with Gasteiger partial charge in [-0.15, -0.1) is 11.6 Å². The number of halogens is 1. The van der Waals surface area contributed by atoms with E-state index in [2.05, 4.69) is 55.5 Å². The van der Waals surface area contributed by atoms with Crippen LogP contribution in [-0.2, 0) is 11.2 Å². The molecule has 0 amide bonds. The minimum atomic E-state index is -0.0410. The quantitative estimate of drug-likeness (QED) is 0.712. The van der Waals surface area contributed by atoms with Crippen LogP contribution >= 0.6 is 11.6 Å². The van der Waals surface area contributed by atoms with Crippen molar-refractivity contribution in [1.82, 2.24) is 0 Å². The fraction of sp³-hybridized carbons (Fsp3) is 0.368. The molecule has 0 saturated carbocycles. The molecule has 0 bridgehead atoms. The lowest BCUT2D eigenvalue weighted by Gasteiger charge is -2.18. The van der Waals surface area contributed by atoms with Gasteiger partial charge in [-0.05, 0) is 42.9 Å². The van der Waals surface area contributed by atoms with Gasteiger partial charge in [0.1, 0.15) is 0 Å². The lowest BCUT2D eigenvalue weighted by atomic mass is 10.0. The predicted molar refractivity (Wildman–Crippen MR) is 87.9 cm³/mol. The fourth-order valence-electron chi connectivity index (χ4n) is 2.91. The summed E-state index contributed by atoms with van der Waals surface area (Å²) in [7, 11) is 0. The van der Waals surface area contributed by atoms with Crippen LogP contribution < -0.4 is 0 Å². The van der Waals surface area contributed by atoms with E-state index in [-0.39, 0.29) is 11.5 Å². The summed E-state index contributed by atoms with van der Waals surface area (Å²) in [6.07, 6.45) is 3.63. The smallest absolute Gasteiger partial charge is 0.0847 e. The maximum absolute atomic E-state index is 6.57. The normalized spacial score (nSPS) is 23.1. The van der Waals surface area contributed by atoms with E-state index in [4.69, 9.17) is 16.3 Å². The molecule has 3 unspecified atom stereocenters. The summed E-state index contributed by atoms with van der Waals surface area (Å²) in [4.78, 5) is 0. The molecular formula is C19H21ClO. The van der Waals surface area contributed by atoms with Gasteiger partial charge in [-0.1, -0.05) is 54.6 Å². The van der Waals surface area contributed by atoms with Crippen molar-refractivity contribution in [3.63, 3.8) is 0 Å². The Morgan fingerprint density at radius 1 is 1.00 bits per heavy atom. The number of benzene rings is 2. The number of alkyl halides is 1. The van der Waals surface area contributed by atoms with Gasteiger partial charge in [0.2, 0.25) is 0 Å². The molecule has 0 aromatic heterocycles. The highest BCUT2D eigenvalue weighted by atomic mass is 35.5. The van der Waals surface area contributed by atoms with E-state index in [0.29, 0.717) is 6.10 Å². The minimum Gasteiger partial charge on any atom is -0.373 e. The molecule has 2 aromatic carbocycles. The average Bonchev–Trinajstić information content (AvgIpc) is 2.95. The lowest BCUT2D eigenvalue weighted by Crippen LogP contribution is -2.14. The van der Waals surface area contributed by atoms with Gasteiger partial charge in [-0.3, -0.25) is 0 Å². The van der Waals surface area contributed by atoms with Crippen molar-refractivity contribution in [2.45, 2.75) is 43.8 Å². The number of hydrogen-bond acceptors (Lipinski definition) is 1. The second kappa shape index (κ2) is 6.64. The van der Waals surface area contributed by atoms with E-state index in [1.807, 2.05) is 6.07 Å². The van der Waals surface area contributed by atoms with Crippen LogP contribution in [-0.4, -0.2) is 12.2 Å². The van der Waals surface area contributed by atoms with Gasteiger partial charge < -0.3 is 4.74 Å². The number of hydrogen-bond donors (Lipinski definition) is 0. The van der Waals surface area contributed by atoms with Crippen LogP contribution in [0.3, 0.4) is 0 Å². The van der Waals surface area contributed by atoms with Gasteiger partial charge in [0, 0.05) is 0 Å². The SMILES string of the molecule is CC1CCC(C(Cl)c2ccc(Cc3ccccc3)cc2)O1. The Bertz CT molecular complexity index is 564. The summed E-state index contributed by atoms with van der Waals surface area (Å²) in [5.74, 6) is 0. The second-order valence-corrected chi connectivity index (χ2v) is 6.34. The van der Waals surface area contributed by atoms with Crippen molar-refractivity contribution in [3.8, 4) is 0 Å². The van der Waals surface area contributed by atoms with Crippen LogP contribution in [0, 0.1) is 0 Å². The van der Waals surface area contributed by atoms with Gasteiger partial charge in [0.15, 0.2) is 0 Å². The highest BCUT2D eigenvalue weighted by Crippen LogP contribution is 2.34. The Morgan fingerprint density at radius 2 is 1.67 bits per heavy atom. The zero-order valence-electron chi connectivity index (χ0n) is 12.3. The topological polar surface area (TPSA) is 9.23 Å². The monoisotopic (exact) mass is 300 g/mol. The Balaban J connectivity index is 1.66. The molecule has 1 aliphatic heterocycles. The van der Waals surface area contributed by atoms with E-state index in [9.17, 15) is 0 Å². The second-order valence-electron chi connectivity index (χ2n) is 5.87. The summed E-state index contributed by atoms with van der Waals surface area (Å²) in [5, 5.41) is -0.0410. The predicted octanol–water partition coefficient (Wildman–Crippen LogP) is 5.12. The third-order valence-electron chi connectivity index (χ3n) is 4.14. The van der Waals surface area contributed by atoms with Gasteiger partial charge in [0.05, 0.1) is 17.6 Å². The Morgan fingerprint density at radius 3 is 2.29 bits per heavy atom. The molecule has 3 atom stereocenters. The zero-order chi connectivity index (χ0) is 14.7. The molecule has 0 aliphatic carbocycles. The van der Waals surface area contributed by atoms with E-state index in [1.54, 1.807) is 0 Å². The summed E-state index contributed by atoms with van der Waals surface area (Å²) < 4.78 is 5.87. The third-order valence-corrected chi connectivity index (χ3v) is 4.67. The molecule has 1 aliphatic rings. The Hall–Kier alpha value is -1.31. The van der Waals surface area contributed by atoms with E-state index < -0.39 is 0 Å². The maximum atomic E-state index is 6.57. The molecule has 3 rings (SSSR count). The molecule has 0 spiro atoms. The minimum absolute atomic E-state index is 0.0410. The number of rotatable bonds is 4. The maximum Gasteiger partial charge on any atom is 0.0847 e. The summed E-state index contributed by atoms with van der Waals surface area (Å²) in [5.41, 5.74) is 3.81. The first-order valence-corrected chi connectivity index (χ1v) is 8.08. The summed E-state index contributed by atoms with van der Waals surface area (Å²) in [6.45, 7) is 2.12. The van der Waals surface area contributed by atoms with Crippen LogP contribution in [0.15, 0.2) is 54.6 Å². The van der Waals surface area contributed by atoms with E-state index in [0.717, 1.165) is 24.8 Å². The van der Waals surface area contributed by atoms with Crippen LogP contribution in [0.5, 0.6) is 0 Å². The van der Waals surface area contributed by atoms with Crippen molar-refractivity contribution in [2.24, 2.45) is 0 Å². The molecule has 1 saturated heterocycles. The average molecular weight is 301 g/mol. The largest absolute Gasteiger partial charge is 0.373 e. The van der Waals surface area contributed by atoms with Gasteiger partial charge >= 0.3 is 0 Å². The molecule has 110 valence electrons. The van der Waals surface area contributed by atoms with Crippen LogP contribution in [0.4, 0.5) is 0 Å². The van der Waals surface area contributed by atoms with Gasteiger partial charge in [-0.2, -0.15) is 0 Å². The first kappa shape index (κ1) is 14.6. The van der Waals surface area contributed by atoms with Crippen molar-refractivity contribution in [2.75, 3.05) is 0 Å². The Kier molecular flexibility index (Phi) is 4.62. The number of ether oxygens (including phenoxy) is 1. The molecule has 1 nitrogen and oxygen atoms in total. The molecule has 0 radical (unpaired) electrons. The lowest BCUT2D eigenvalue weighted by molar-refractivity contribution is 0.0533. The fourth-order valence-corrected chi connectivity index (χ4v) is 3.25. The molecule has 2 heteroatoms. The highest BCUT2D eigenvalue weighted by molar-refractivity contribution is 6.21. The van der Waals surface area contributed by atoms with Crippen molar-refractivity contribution in [3.05, 3.63) is 71.3 Å². The highest BCUT2D eigenvalue weighted by Gasteiger charge is 2.29. The molecule has 1 fully saturated rings. The van der Waals surface area contributed by atoms with E-state index >= 15 is 0 Å². The van der Waals surface area contributed by atoms with Crippen molar-refractivity contribution >= 4 is 11.6 Å². The van der Waals surface area contributed by atoms with Crippen LogP contribution in [0.2, 0.25) is 0 Å². The van der Waals surface area contributed by atoms with E-state index in [1.165, 1.54) is 11.1 Å². The Labute approximate surface area is 131 Å². The van der Waals surface area contributed by atoms with Crippen molar-refractivity contribution < 1.29 is 4.74 Å². The molecule has 21 heavy (non-hydrogen) atoms. The van der Waals surface area contributed by atoms with Crippen molar-refractivity contribution in [1.29, 1.82) is 0 Å². The van der Waals surface area contributed by atoms with Crippen LogP contribution in [0.25, 0.3) is 0 Å². The first-order valence-electron chi connectivity index (χ1n) is 7.64. The van der Waals surface area contributed by atoms with Gasteiger partial charge in [0.25, 0.3) is 0 Å². The molecular weight excluding hydrogens is 280 g/mol. The standard InChI is InChI=1S/C19H21ClO/c1-14-7-12-18(21-14)19(20)17-10-8-16(9-11-17)13-15-5-3-2-4-6-15/h2-6,8-11,14,18-19H,7,12-13H2,1H3. The first-order chi connectivity index (χ1) is 10.2. The molecule has 0 N–H and O–H groups in total. The summed E-state index contributed by atoms with van der Waals surface area (Å²) in [6, 6.07) is 19.2. The third kappa shape index (κ3) is 3.66. The van der Waals surface area contributed by atoms with Gasteiger partial charge in [-0.25, -0.2) is 0 Å². The zero-order valence-corrected chi connectivity index (χ0v) is 13.1. The molecule has 1 heterocycles. The molecule has 2 aromatic rings. The van der Waals surface area contributed by atoms with Crippen LogP contribution in [0.1, 0.15) is 41.8 Å². The summed E-state index contributed by atoms with van der Waals surface area (Å²) >= 11 is 6.57.